The Hall–Kier alpha value is -4.89. The maximum atomic E-state index is 15.5. The monoisotopic (exact) mass is 702 g/mol. The third kappa shape index (κ3) is 9.27. The fourth-order valence-electron chi connectivity index (χ4n) is 7.23. The van der Waals surface area contributed by atoms with E-state index in [1.54, 1.807) is 10.6 Å². The number of aromatic amines is 1. The summed E-state index contributed by atoms with van der Waals surface area (Å²) in [5.74, 6) is -1.06. The number of carboxylic acid groups (broad SMARTS) is 1. The normalized spacial score (nSPS) is 17.8. The van der Waals surface area contributed by atoms with Gasteiger partial charge in [-0.15, -0.1) is 12.8 Å². The van der Waals surface area contributed by atoms with Gasteiger partial charge < -0.3 is 19.9 Å². The Morgan fingerprint density at radius 1 is 1.08 bits per heavy atom. The van der Waals surface area contributed by atoms with Crippen molar-refractivity contribution < 1.29 is 14.3 Å². The minimum Gasteiger partial charge on any atom is -0.477 e. The number of nitrogens with one attached hydrogen (secondary N) is 2. The van der Waals surface area contributed by atoms with Crippen molar-refractivity contribution in [1.29, 1.82) is 0 Å². The van der Waals surface area contributed by atoms with Crippen molar-refractivity contribution in [3.8, 4) is 12.8 Å². The number of H-pyrrole nitrogens is 1. The number of benzene rings is 1. The minimum absolute atomic E-state index is 0.0756. The van der Waals surface area contributed by atoms with Crippen LogP contribution in [0.3, 0.4) is 0 Å². The van der Waals surface area contributed by atoms with Gasteiger partial charge in [0.25, 0.3) is 5.56 Å². The first kappa shape index (κ1) is 38.9. The summed E-state index contributed by atoms with van der Waals surface area (Å²) in [6, 6.07) is 4.60. The van der Waals surface area contributed by atoms with Crippen LogP contribution in [-0.2, 0) is 13.1 Å². The molecule has 2 saturated heterocycles. The lowest BCUT2D eigenvalue weighted by Crippen LogP contribution is -2.45. The first-order valence-corrected chi connectivity index (χ1v) is 18.0. The van der Waals surface area contributed by atoms with Crippen molar-refractivity contribution in [1.82, 2.24) is 19.0 Å². The summed E-state index contributed by atoms with van der Waals surface area (Å²) >= 11 is 0. The summed E-state index contributed by atoms with van der Waals surface area (Å²) in [4.78, 5) is 57.4. The van der Waals surface area contributed by atoms with Gasteiger partial charge in [-0.25, -0.2) is 14.0 Å². The molecule has 0 radical (unpaired) electrons. The smallest absolute Gasteiger partial charge is 0.341 e. The zero-order chi connectivity index (χ0) is 37.1. The molecule has 274 valence electrons. The van der Waals surface area contributed by atoms with Crippen LogP contribution >= 0.6 is 0 Å². The molecule has 0 bridgehead atoms. The molecule has 0 saturated carbocycles. The van der Waals surface area contributed by atoms with Crippen LogP contribution in [-0.4, -0.2) is 62.3 Å². The van der Waals surface area contributed by atoms with Gasteiger partial charge in [-0.2, -0.15) is 0 Å². The van der Waals surface area contributed by atoms with E-state index in [2.05, 4.69) is 45.9 Å². The molecular formula is C39H51FN6O5. The highest BCUT2D eigenvalue weighted by Crippen LogP contribution is 2.36. The predicted octanol–water partition coefficient (Wildman–Crippen LogP) is 5.79. The number of piperidine rings is 1. The number of rotatable bonds is 15. The number of carbonyl (C=O) groups is 1. The van der Waals surface area contributed by atoms with E-state index in [4.69, 9.17) is 0 Å². The van der Waals surface area contributed by atoms with E-state index < -0.39 is 22.9 Å². The Balaban J connectivity index is 0.00000286. The van der Waals surface area contributed by atoms with E-state index in [1.807, 2.05) is 26.0 Å². The van der Waals surface area contributed by atoms with Gasteiger partial charge >= 0.3 is 11.7 Å². The van der Waals surface area contributed by atoms with Crippen molar-refractivity contribution in [2.75, 3.05) is 36.4 Å². The lowest BCUT2D eigenvalue weighted by atomic mass is 9.92. The van der Waals surface area contributed by atoms with Gasteiger partial charge in [0.1, 0.15) is 17.2 Å². The van der Waals surface area contributed by atoms with E-state index in [0.717, 1.165) is 63.7 Å². The number of anilines is 2. The molecule has 11 nitrogen and oxygen atoms in total. The number of hydrogen-bond acceptors (Lipinski definition) is 7. The molecule has 2 atom stereocenters. The number of fused-ring (bicyclic) bond motifs is 2. The van der Waals surface area contributed by atoms with Crippen LogP contribution in [0.5, 0.6) is 0 Å². The van der Waals surface area contributed by atoms with Crippen LogP contribution < -0.4 is 26.9 Å². The maximum absolute atomic E-state index is 15.5. The number of terminal acetylenes is 1. The Morgan fingerprint density at radius 3 is 2.53 bits per heavy atom. The average Bonchev–Trinajstić information content (AvgIpc) is 3.56. The highest BCUT2D eigenvalue weighted by molar-refractivity contribution is 5.93. The Morgan fingerprint density at radius 2 is 1.84 bits per heavy atom. The Kier molecular flexibility index (Phi) is 14.0. The quantitative estimate of drug-likeness (QED) is 0.103. The third-order valence-corrected chi connectivity index (χ3v) is 9.77. The lowest BCUT2D eigenvalue weighted by Gasteiger charge is -2.36. The van der Waals surface area contributed by atoms with Gasteiger partial charge in [-0.05, 0) is 82.7 Å². The number of aromatic nitrogens is 3. The number of pyridine rings is 1. The first-order chi connectivity index (χ1) is 24.6. The second-order valence-electron chi connectivity index (χ2n) is 13.1. The van der Waals surface area contributed by atoms with E-state index in [0.29, 0.717) is 55.5 Å². The summed E-state index contributed by atoms with van der Waals surface area (Å²) in [5.41, 5.74) is 0.0297. The van der Waals surface area contributed by atoms with Crippen LogP contribution in [0.4, 0.5) is 15.9 Å². The molecule has 51 heavy (non-hydrogen) atoms. The molecule has 0 spiro atoms. The van der Waals surface area contributed by atoms with E-state index in [-0.39, 0.29) is 22.6 Å². The maximum Gasteiger partial charge on any atom is 0.341 e. The molecular weight excluding hydrogens is 651 g/mol. The van der Waals surface area contributed by atoms with Gasteiger partial charge in [-0.3, -0.25) is 24.0 Å². The van der Waals surface area contributed by atoms with Crippen LogP contribution in [0, 0.1) is 24.6 Å². The number of allylic oxidation sites excluding steroid dienone is 3. The molecule has 5 rings (SSSR count). The van der Waals surface area contributed by atoms with E-state index in [9.17, 15) is 24.3 Å². The predicted molar refractivity (Wildman–Crippen MR) is 202 cm³/mol. The number of halogens is 1. The van der Waals surface area contributed by atoms with Crippen LogP contribution in [0.15, 0.2) is 62.7 Å². The van der Waals surface area contributed by atoms with Crippen LogP contribution in [0.25, 0.3) is 10.9 Å². The van der Waals surface area contributed by atoms with Gasteiger partial charge in [0, 0.05) is 55.6 Å². The number of carboxylic acids is 1. The summed E-state index contributed by atoms with van der Waals surface area (Å²) in [5, 5.41) is 12.7. The summed E-state index contributed by atoms with van der Waals surface area (Å²) in [6.45, 7) is 10.0. The minimum atomic E-state index is -1.32. The van der Waals surface area contributed by atoms with Gasteiger partial charge in [0.05, 0.1) is 11.2 Å². The van der Waals surface area contributed by atoms with Crippen molar-refractivity contribution in [2.24, 2.45) is 5.92 Å². The number of nitrogens with zero attached hydrogens (tertiary/aromatic N) is 4. The van der Waals surface area contributed by atoms with Crippen molar-refractivity contribution in [3.63, 3.8) is 0 Å². The van der Waals surface area contributed by atoms with Crippen LogP contribution in [0.1, 0.15) is 82.5 Å². The van der Waals surface area contributed by atoms with Crippen molar-refractivity contribution in [3.05, 3.63) is 90.8 Å². The molecule has 0 aliphatic carbocycles. The number of likely N-dealkylation sites (tertiary alicyclic amines) is 1. The van der Waals surface area contributed by atoms with Crippen LogP contribution in [0.2, 0.25) is 0 Å². The molecule has 2 aliphatic heterocycles. The lowest BCUT2D eigenvalue weighted by molar-refractivity contribution is 0.0694. The second kappa shape index (κ2) is 18.4. The summed E-state index contributed by atoms with van der Waals surface area (Å²) in [7, 11) is 0. The highest BCUT2D eigenvalue weighted by Gasteiger charge is 2.39. The van der Waals surface area contributed by atoms with Crippen molar-refractivity contribution >= 4 is 28.4 Å². The number of unbranched alkanes of at least 4 members (excludes halogenated alkanes) is 3. The number of hydrogen-bond donors (Lipinski definition) is 3. The second-order valence-corrected chi connectivity index (χ2v) is 13.1. The standard InChI is InChI=1S/C37H49FN6O5.C2H2/c1-4-7-14-26(15-8-5-2)39-33-21-34(45)44(37(49)40-33)18-11-9-10-16-42-17-12-13-25-22-43(24-32(25)42)31-20-30-27(19-29(31)38)35(46)28(36(47)48)23-41(30)6-3;1-2/h7,14-15,19-21,23,25,32,39H,4-6,8-13,16-18,22,24H2,1-3H3,(H,40,49)(H,47,48);1-2H/b14-7-,26-15+;. The van der Waals surface area contributed by atoms with E-state index in [1.165, 1.54) is 22.9 Å². The van der Waals surface area contributed by atoms with Gasteiger partial charge in [-0.1, -0.05) is 38.8 Å². The molecule has 1 aromatic carbocycles. The molecule has 2 aliphatic rings. The highest BCUT2D eigenvalue weighted by atomic mass is 19.1. The largest absolute Gasteiger partial charge is 0.477 e. The Bertz CT molecular complexity index is 1910. The Labute approximate surface area is 298 Å². The van der Waals surface area contributed by atoms with Crippen molar-refractivity contribution in [2.45, 2.75) is 91.3 Å². The zero-order valence-corrected chi connectivity index (χ0v) is 30.0. The number of aryl methyl sites for hydroxylation is 1. The zero-order valence-electron chi connectivity index (χ0n) is 30.0. The topological polar surface area (TPSA) is 133 Å². The molecule has 2 unspecified atom stereocenters. The fraction of sp³-hybridized carbons (Fsp3) is 0.487. The fourth-order valence-corrected chi connectivity index (χ4v) is 7.23. The molecule has 3 N–H and O–H groups in total. The average molecular weight is 703 g/mol. The first-order valence-electron chi connectivity index (χ1n) is 18.0. The van der Waals surface area contributed by atoms with Gasteiger partial charge in [0.2, 0.25) is 5.43 Å². The molecule has 4 heterocycles. The third-order valence-electron chi connectivity index (χ3n) is 9.77. The summed E-state index contributed by atoms with van der Waals surface area (Å²) < 4.78 is 18.5. The molecule has 3 aromatic rings. The SMILES string of the molecule is C#C.CC/C=C\C(=C/CCC)Nc1cc(=O)n(CCCCCN2CCCC3CN(c4cc5c(cc4F)c(=O)c(C(=O)O)cn5CC)CC32)c(=O)[nH]1. The molecule has 12 heteroatoms. The molecule has 2 aromatic heterocycles. The van der Waals surface area contributed by atoms with E-state index >= 15 is 4.39 Å². The summed E-state index contributed by atoms with van der Waals surface area (Å²) in [6.07, 6.45) is 22.8. The van der Waals surface area contributed by atoms with Gasteiger partial charge in [0.15, 0.2) is 0 Å². The number of aromatic carboxylic acids is 1. The molecule has 2 fully saturated rings. The molecule has 0 amide bonds.